The number of aryl methyl sites for hydroxylation is 1. The van der Waals surface area contributed by atoms with E-state index in [-0.39, 0.29) is 30.9 Å². The summed E-state index contributed by atoms with van der Waals surface area (Å²) in [6.45, 7) is 5.49. The molecular weight excluding hydrogens is 452 g/mol. The van der Waals surface area contributed by atoms with E-state index in [0.29, 0.717) is 36.6 Å². The van der Waals surface area contributed by atoms with Crippen LogP contribution in [-0.4, -0.2) is 44.6 Å². The number of fused-ring (bicyclic) bond motifs is 1. The van der Waals surface area contributed by atoms with Gasteiger partial charge in [0.25, 0.3) is 0 Å². The maximum atomic E-state index is 12.7. The average molecular weight is 479 g/mol. The summed E-state index contributed by atoms with van der Waals surface area (Å²) in [5.41, 5.74) is 2.38. The van der Waals surface area contributed by atoms with Gasteiger partial charge in [0, 0.05) is 42.6 Å². The highest BCUT2D eigenvalue weighted by Gasteiger charge is 2.28. The number of pyridine rings is 1. The molecule has 1 aliphatic rings. The second kappa shape index (κ2) is 10.5. The van der Waals surface area contributed by atoms with Crippen molar-refractivity contribution in [2.24, 2.45) is 0 Å². The first-order valence-electron chi connectivity index (χ1n) is 11.1. The molecule has 3 aromatic heterocycles. The Balaban J connectivity index is 1.36. The molecule has 1 atom stereocenters. The smallest absolute Gasteiger partial charge is 0.410 e. The van der Waals surface area contributed by atoms with E-state index in [9.17, 15) is 14.9 Å². The molecule has 1 N–H and O–H groups in total. The molecule has 10 heteroatoms. The van der Waals surface area contributed by atoms with E-state index < -0.39 is 0 Å². The van der Waals surface area contributed by atoms with Crippen molar-refractivity contribution in [2.45, 2.75) is 45.7 Å². The third-order valence-electron chi connectivity index (χ3n) is 5.91. The summed E-state index contributed by atoms with van der Waals surface area (Å²) < 4.78 is 7.36. The molecule has 1 unspecified atom stereocenters. The number of nitrogens with zero attached hydrogens (tertiary/aromatic N) is 5. The quantitative estimate of drug-likeness (QED) is 0.552. The first kappa shape index (κ1) is 23.4. The van der Waals surface area contributed by atoms with E-state index in [2.05, 4.69) is 21.4 Å². The number of anilines is 1. The zero-order valence-corrected chi connectivity index (χ0v) is 20.0. The van der Waals surface area contributed by atoms with E-state index in [1.807, 2.05) is 36.7 Å². The first-order valence-corrected chi connectivity index (χ1v) is 11.9. The lowest BCUT2D eigenvalue weighted by Gasteiger charge is -2.26. The number of aromatic nitrogens is 3. The summed E-state index contributed by atoms with van der Waals surface area (Å²) in [7, 11) is 0. The molecule has 0 aromatic carbocycles. The van der Waals surface area contributed by atoms with Crippen LogP contribution in [0, 0.1) is 18.3 Å². The number of nitriles is 1. The van der Waals surface area contributed by atoms with Gasteiger partial charge in [-0.05, 0) is 36.5 Å². The van der Waals surface area contributed by atoms with Crippen LogP contribution in [0.25, 0.3) is 0 Å². The summed E-state index contributed by atoms with van der Waals surface area (Å²) in [4.78, 5) is 36.0. The molecule has 0 spiro atoms. The van der Waals surface area contributed by atoms with E-state index >= 15 is 0 Å². The highest BCUT2D eigenvalue weighted by molar-refractivity contribution is 7.16. The number of hydrogen-bond acceptors (Lipinski definition) is 7. The van der Waals surface area contributed by atoms with Gasteiger partial charge >= 0.3 is 6.09 Å². The van der Waals surface area contributed by atoms with E-state index in [4.69, 9.17) is 4.74 Å². The van der Waals surface area contributed by atoms with Crippen LogP contribution in [0.15, 0.2) is 36.9 Å². The topological polar surface area (TPSA) is 113 Å². The fourth-order valence-corrected chi connectivity index (χ4v) is 5.20. The molecule has 0 fully saturated rings. The van der Waals surface area contributed by atoms with E-state index in [1.54, 1.807) is 23.5 Å². The third kappa shape index (κ3) is 5.26. The number of ether oxygens (including phenoxy) is 1. The van der Waals surface area contributed by atoms with Gasteiger partial charge in [0.15, 0.2) is 0 Å². The van der Waals surface area contributed by atoms with Crippen LogP contribution >= 0.6 is 11.3 Å². The fourth-order valence-electron chi connectivity index (χ4n) is 3.97. The molecule has 4 heterocycles. The van der Waals surface area contributed by atoms with Gasteiger partial charge in [-0.1, -0.05) is 13.0 Å². The molecule has 0 radical (unpaired) electrons. The molecule has 0 saturated heterocycles. The Kier molecular flexibility index (Phi) is 7.23. The van der Waals surface area contributed by atoms with Crippen LogP contribution in [0.2, 0.25) is 0 Å². The molecule has 4 rings (SSSR count). The predicted molar refractivity (Wildman–Crippen MR) is 127 cm³/mol. The number of thiophene rings is 1. The number of nitrogens with one attached hydrogen (secondary N) is 1. The number of rotatable bonds is 7. The highest BCUT2D eigenvalue weighted by Crippen LogP contribution is 2.37. The molecule has 1 aliphatic heterocycles. The highest BCUT2D eigenvalue weighted by atomic mass is 32.1. The van der Waals surface area contributed by atoms with Crippen LogP contribution in [0.4, 0.5) is 9.80 Å². The lowest BCUT2D eigenvalue weighted by molar-refractivity contribution is -0.116. The molecule has 2 amide bonds. The minimum atomic E-state index is -0.383. The fraction of sp³-hybridized carbons (Fsp3) is 0.375. The zero-order valence-electron chi connectivity index (χ0n) is 19.2. The molecule has 0 bridgehead atoms. The van der Waals surface area contributed by atoms with E-state index in [0.717, 1.165) is 21.8 Å². The third-order valence-corrected chi connectivity index (χ3v) is 7.04. The molecule has 9 nitrogen and oxygen atoms in total. The van der Waals surface area contributed by atoms with Crippen LogP contribution < -0.4 is 5.32 Å². The van der Waals surface area contributed by atoms with Gasteiger partial charge in [0.05, 0.1) is 18.7 Å². The Labute approximate surface area is 202 Å². The lowest BCUT2D eigenvalue weighted by atomic mass is 9.99. The van der Waals surface area contributed by atoms with Crippen molar-refractivity contribution in [3.63, 3.8) is 0 Å². The minimum absolute atomic E-state index is 0.00481. The van der Waals surface area contributed by atoms with Crippen LogP contribution in [0.3, 0.4) is 0 Å². The van der Waals surface area contributed by atoms with Gasteiger partial charge in [-0.2, -0.15) is 5.26 Å². The number of carbonyl (C=O) groups excluding carboxylic acids is 2. The normalized spacial score (nSPS) is 13.6. The van der Waals surface area contributed by atoms with Crippen molar-refractivity contribution in [3.05, 3.63) is 64.3 Å². The van der Waals surface area contributed by atoms with Gasteiger partial charge in [-0.3, -0.25) is 9.78 Å². The average Bonchev–Trinajstić information content (AvgIpc) is 3.40. The minimum Gasteiger partial charge on any atom is -0.448 e. The Morgan fingerprint density at radius 1 is 1.38 bits per heavy atom. The zero-order chi connectivity index (χ0) is 24.1. The summed E-state index contributed by atoms with van der Waals surface area (Å²) in [5.74, 6) is 0.716. The summed E-state index contributed by atoms with van der Waals surface area (Å²) in [6, 6.07) is 6.03. The Morgan fingerprint density at radius 3 is 2.94 bits per heavy atom. The predicted octanol–water partition coefficient (Wildman–Crippen LogP) is 3.85. The maximum Gasteiger partial charge on any atom is 0.410 e. The Morgan fingerprint density at radius 2 is 2.24 bits per heavy atom. The lowest BCUT2D eigenvalue weighted by Crippen LogP contribution is -2.36. The number of imidazole rings is 1. The standard InChI is InChI=1S/C24H26N6O3S/c1-16(18-4-3-6-26-14-18)12-22(31)28-23-20(13-25)19-5-8-30(15-21(19)34-23)24(32)33-11-10-29-9-7-27-17(29)2/h3-4,6-7,9,14,16H,5,8,10-12,15H2,1-2H3,(H,28,31). The molecule has 176 valence electrons. The molecule has 0 saturated carbocycles. The molecule has 0 aliphatic carbocycles. The van der Waals surface area contributed by atoms with E-state index in [1.165, 1.54) is 11.3 Å². The van der Waals surface area contributed by atoms with Crippen molar-refractivity contribution in [1.82, 2.24) is 19.4 Å². The molecule has 34 heavy (non-hydrogen) atoms. The first-order chi connectivity index (χ1) is 16.5. The number of amides is 2. The van der Waals surface area contributed by atoms with Crippen molar-refractivity contribution in [3.8, 4) is 6.07 Å². The van der Waals surface area contributed by atoms with Gasteiger partial charge in [-0.15, -0.1) is 11.3 Å². The van der Waals surface area contributed by atoms with Crippen LogP contribution in [-0.2, 0) is 29.0 Å². The van der Waals surface area contributed by atoms with Gasteiger partial charge in [0.1, 0.15) is 23.5 Å². The van der Waals surface area contributed by atoms with Crippen LogP contribution in [0.5, 0.6) is 0 Å². The largest absolute Gasteiger partial charge is 0.448 e. The molecular formula is C24H26N6O3S. The van der Waals surface area contributed by atoms with Gasteiger partial charge in [0.2, 0.25) is 5.91 Å². The summed E-state index contributed by atoms with van der Waals surface area (Å²) >= 11 is 1.35. The van der Waals surface area contributed by atoms with Crippen LogP contribution in [0.1, 0.15) is 46.7 Å². The van der Waals surface area contributed by atoms with Crippen molar-refractivity contribution < 1.29 is 14.3 Å². The maximum absolute atomic E-state index is 12.7. The summed E-state index contributed by atoms with van der Waals surface area (Å²) in [5, 5.41) is 13.2. The summed E-state index contributed by atoms with van der Waals surface area (Å²) in [6.07, 6.45) is 7.46. The number of carbonyl (C=O) groups is 2. The Bertz CT molecular complexity index is 1210. The number of hydrogen-bond donors (Lipinski definition) is 1. The monoisotopic (exact) mass is 478 g/mol. The second-order valence-corrected chi connectivity index (χ2v) is 9.32. The SMILES string of the molecule is Cc1nccn1CCOC(=O)N1CCc2c(sc(NC(=O)CC(C)c3cccnc3)c2C#N)C1. The van der Waals surface area contributed by atoms with Gasteiger partial charge < -0.3 is 19.5 Å². The van der Waals surface area contributed by atoms with Crippen molar-refractivity contribution >= 4 is 28.3 Å². The Hall–Kier alpha value is -3.71. The second-order valence-electron chi connectivity index (χ2n) is 8.21. The van der Waals surface area contributed by atoms with Crippen molar-refractivity contribution in [2.75, 3.05) is 18.5 Å². The molecule has 3 aromatic rings. The van der Waals surface area contributed by atoms with Gasteiger partial charge in [-0.25, -0.2) is 9.78 Å². The van der Waals surface area contributed by atoms with Crippen molar-refractivity contribution in [1.29, 1.82) is 5.26 Å².